The van der Waals surface area contributed by atoms with Gasteiger partial charge in [-0.05, 0) is 43.7 Å². The van der Waals surface area contributed by atoms with E-state index < -0.39 is 0 Å². The summed E-state index contributed by atoms with van der Waals surface area (Å²) in [6.45, 7) is 15.7. The van der Waals surface area contributed by atoms with Crippen molar-refractivity contribution in [2.75, 3.05) is 6.54 Å². The highest BCUT2D eigenvalue weighted by atomic mass is 15.2. The van der Waals surface area contributed by atoms with Gasteiger partial charge in [0.05, 0.1) is 5.69 Å². The minimum Gasteiger partial charge on any atom is -0.292 e. The lowest BCUT2D eigenvalue weighted by atomic mass is 9.86. The van der Waals surface area contributed by atoms with Crippen LogP contribution in [-0.2, 0) is 18.4 Å². The Balaban J connectivity index is 2.27. The molecule has 2 heteroatoms. The van der Waals surface area contributed by atoms with E-state index in [1.54, 1.807) is 0 Å². The second-order valence-corrected chi connectivity index (χ2v) is 7.42. The molecule has 1 aromatic rings. The topological polar surface area (TPSA) is 16.1 Å². The summed E-state index contributed by atoms with van der Waals surface area (Å²) in [5.41, 5.74) is 4.50. The third-order valence-corrected chi connectivity index (χ3v) is 3.87. The molecule has 0 fully saturated rings. The number of hydrogen-bond acceptors (Lipinski definition) is 2. The monoisotopic (exact) mass is 246 g/mol. The number of rotatable bonds is 0. The molecule has 100 valence electrons. The molecule has 0 amide bonds. The summed E-state index contributed by atoms with van der Waals surface area (Å²) in [6, 6.07) is 2.36. The minimum absolute atomic E-state index is 0.198. The molecule has 2 heterocycles. The van der Waals surface area contributed by atoms with Crippen molar-refractivity contribution in [1.82, 2.24) is 9.88 Å². The molecule has 1 aromatic heterocycles. The van der Waals surface area contributed by atoms with Crippen molar-refractivity contribution in [3.63, 3.8) is 0 Å². The van der Waals surface area contributed by atoms with Crippen molar-refractivity contribution < 1.29 is 0 Å². The van der Waals surface area contributed by atoms with Gasteiger partial charge >= 0.3 is 0 Å². The first kappa shape index (κ1) is 13.5. The van der Waals surface area contributed by atoms with Gasteiger partial charge in [0.15, 0.2) is 0 Å². The predicted octanol–water partition coefficient (Wildman–Crippen LogP) is 3.54. The van der Waals surface area contributed by atoms with Gasteiger partial charge in [0.25, 0.3) is 0 Å². The van der Waals surface area contributed by atoms with Crippen LogP contribution >= 0.6 is 0 Å². The van der Waals surface area contributed by atoms with Gasteiger partial charge in [-0.25, -0.2) is 0 Å². The fourth-order valence-corrected chi connectivity index (χ4v) is 2.40. The standard InChI is InChI=1S/C16H26N2/c1-15(2,3)13-9-12-7-8-18(16(4,5)6)11-14(12)17-10-13/h9-10H,7-8,11H2,1-6H3. The zero-order chi connectivity index (χ0) is 13.6. The van der Waals surface area contributed by atoms with E-state index in [-0.39, 0.29) is 11.0 Å². The Morgan fingerprint density at radius 1 is 1.11 bits per heavy atom. The summed E-state index contributed by atoms with van der Waals surface area (Å²) in [5, 5.41) is 0. The molecule has 0 aromatic carbocycles. The predicted molar refractivity (Wildman–Crippen MR) is 76.8 cm³/mol. The molecule has 0 saturated heterocycles. The Bertz CT molecular complexity index is 435. The van der Waals surface area contributed by atoms with Crippen LogP contribution in [0.2, 0.25) is 0 Å². The first-order chi connectivity index (χ1) is 8.18. The van der Waals surface area contributed by atoms with Crippen LogP contribution in [0.4, 0.5) is 0 Å². The molecule has 0 aliphatic carbocycles. The van der Waals surface area contributed by atoms with Crippen LogP contribution in [0.3, 0.4) is 0 Å². The highest BCUT2D eigenvalue weighted by molar-refractivity contribution is 5.31. The second kappa shape index (κ2) is 4.34. The smallest absolute Gasteiger partial charge is 0.0576 e. The van der Waals surface area contributed by atoms with E-state index in [1.165, 1.54) is 16.8 Å². The maximum absolute atomic E-state index is 4.71. The number of nitrogens with zero attached hydrogens (tertiary/aromatic N) is 2. The summed E-state index contributed by atoms with van der Waals surface area (Å²) in [5.74, 6) is 0. The third-order valence-electron chi connectivity index (χ3n) is 3.87. The van der Waals surface area contributed by atoms with Crippen molar-refractivity contribution in [2.24, 2.45) is 0 Å². The van der Waals surface area contributed by atoms with Crippen LogP contribution < -0.4 is 0 Å². The summed E-state index contributed by atoms with van der Waals surface area (Å²) in [4.78, 5) is 7.22. The van der Waals surface area contributed by atoms with Crippen LogP contribution in [0.25, 0.3) is 0 Å². The molecule has 1 aliphatic rings. The second-order valence-electron chi connectivity index (χ2n) is 7.42. The lowest BCUT2D eigenvalue weighted by Crippen LogP contribution is -2.44. The summed E-state index contributed by atoms with van der Waals surface area (Å²) in [7, 11) is 0. The quantitative estimate of drug-likeness (QED) is 0.696. The number of fused-ring (bicyclic) bond motifs is 1. The van der Waals surface area contributed by atoms with E-state index in [1.807, 2.05) is 0 Å². The first-order valence-corrected chi connectivity index (χ1v) is 6.91. The van der Waals surface area contributed by atoms with Gasteiger partial charge < -0.3 is 0 Å². The maximum atomic E-state index is 4.71. The van der Waals surface area contributed by atoms with Crippen LogP contribution in [-0.4, -0.2) is 22.0 Å². The molecular weight excluding hydrogens is 220 g/mol. The normalized spacial score (nSPS) is 17.7. The van der Waals surface area contributed by atoms with E-state index in [4.69, 9.17) is 4.98 Å². The Kier molecular flexibility index (Phi) is 3.26. The van der Waals surface area contributed by atoms with E-state index >= 15 is 0 Å². The van der Waals surface area contributed by atoms with E-state index in [0.717, 1.165) is 19.5 Å². The van der Waals surface area contributed by atoms with Gasteiger partial charge in [0.2, 0.25) is 0 Å². The molecule has 0 unspecified atom stereocenters. The lowest BCUT2D eigenvalue weighted by Gasteiger charge is -2.39. The Morgan fingerprint density at radius 3 is 2.33 bits per heavy atom. The molecule has 0 N–H and O–H groups in total. The van der Waals surface area contributed by atoms with Gasteiger partial charge in [0, 0.05) is 24.8 Å². The van der Waals surface area contributed by atoms with Crippen LogP contribution in [0.15, 0.2) is 12.3 Å². The SMILES string of the molecule is CC(C)(C)c1cnc2c(c1)CCN(C(C)(C)C)C2. The van der Waals surface area contributed by atoms with Crippen molar-refractivity contribution in [3.8, 4) is 0 Å². The largest absolute Gasteiger partial charge is 0.292 e. The van der Waals surface area contributed by atoms with E-state index in [0.29, 0.717) is 0 Å². The van der Waals surface area contributed by atoms with Crippen LogP contribution in [0.5, 0.6) is 0 Å². The molecule has 2 rings (SSSR count). The minimum atomic E-state index is 0.198. The van der Waals surface area contributed by atoms with Gasteiger partial charge in [-0.2, -0.15) is 0 Å². The fourth-order valence-electron chi connectivity index (χ4n) is 2.40. The average Bonchev–Trinajstić information content (AvgIpc) is 2.25. The highest BCUT2D eigenvalue weighted by Gasteiger charge is 2.27. The van der Waals surface area contributed by atoms with Gasteiger partial charge in [-0.15, -0.1) is 0 Å². The molecular formula is C16H26N2. The highest BCUT2D eigenvalue weighted by Crippen LogP contribution is 2.28. The van der Waals surface area contributed by atoms with Gasteiger partial charge in [-0.1, -0.05) is 26.8 Å². The lowest BCUT2D eigenvalue weighted by molar-refractivity contribution is 0.118. The first-order valence-electron chi connectivity index (χ1n) is 6.91. The van der Waals surface area contributed by atoms with Gasteiger partial charge in [0.1, 0.15) is 0 Å². The number of aromatic nitrogens is 1. The summed E-state index contributed by atoms with van der Waals surface area (Å²) >= 11 is 0. The number of pyridine rings is 1. The molecule has 0 atom stereocenters. The molecule has 18 heavy (non-hydrogen) atoms. The fraction of sp³-hybridized carbons (Fsp3) is 0.688. The van der Waals surface area contributed by atoms with Crippen molar-refractivity contribution in [3.05, 3.63) is 29.1 Å². The van der Waals surface area contributed by atoms with Gasteiger partial charge in [-0.3, -0.25) is 9.88 Å². The zero-order valence-corrected chi connectivity index (χ0v) is 12.7. The molecule has 0 radical (unpaired) electrons. The number of hydrogen-bond donors (Lipinski definition) is 0. The molecule has 1 aliphatic heterocycles. The average molecular weight is 246 g/mol. The molecule has 0 bridgehead atoms. The Labute approximate surface area is 111 Å². The van der Waals surface area contributed by atoms with Crippen LogP contribution in [0, 0.1) is 0 Å². The van der Waals surface area contributed by atoms with Crippen molar-refractivity contribution in [2.45, 2.75) is 65.5 Å². The third kappa shape index (κ3) is 2.74. The van der Waals surface area contributed by atoms with Crippen LogP contribution in [0.1, 0.15) is 58.4 Å². The van der Waals surface area contributed by atoms with Crippen molar-refractivity contribution in [1.29, 1.82) is 0 Å². The molecule has 2 nitrogen and oxygen atoms in total. The maximum Gasteiger partial charge on any atom is 0.0576 e. The summed E-state index contributed by atoms with van der Waals surface area (Å²) in [6.07, 6.45) is 3.19. The Hall–Kier alpha value is -0.890. The van der Waals surface area contributed by atoms with Crippen molar-refractivity contribution >= 4 is 0 Å². The molecule has 0 spiro atoms. The molecule has 0 saturated carbocycles. The zero-order valence-electron chi connectivity index (χ0n) is 12.7. The Morgan fingerprint density at radius 2 is 1.78 bits per heavy atom. The van der Waals surface area contributed by atoms with E-state index in [2.05, 4.69) is 58.7 Å². The summed E-state index contributed by atoms with van der Waals surface area (Å²) < 4.78 is 0. The van der Waals surface area contributed by atoms with E-state index in [9.17, 15) is 0 Å².